The molecule has 108 valence electrons. The summed E-state index contributed by atoms with van der Waals surface area (Å²) < 4.78 is 11.8. The number of hydrogen-bond donors (Lipinski definition) is 0. The molecule has 2 heteroatoms. The van der Waals surface area contributed by atoms with E-state index in [0.29, 0.717) is 5.92 Å². The molecule has 0 bridgehead atoms. The molecular weight excluding hydrogens is 236 g/mol. The molecule has 1 saturated heterocycles. The van der Waals surface area contributed by atoms with Gasteiger partial charge in [-0.15, -0.1) is 0 Å². The van der Waals surface area contributed by atoms with E-state index >= 15 is 0 Å². The van der Waals surface area contributed by atoms with Crippen LogP contribution >= 0.6 is 0 Å². The van der Waals surface area contributed by atoms with Crippen molar-refractivity contribution in [3.05, 3.63) is 0 Å². The van der Waals surface area contributed by atoms with Gasteiger partial charge in [-0.1, -0.05) is 32.1 Å². The second kappa shape index (κ2) is 6.77. The highest BCUT2D eigenvalue weighted by atomic mass is 16.7. The van der Waals surface area contributed by atoms with E-state index in [9.17, 15) is 0 Å². The predicted octanol–water partition coefficient (Wildman–Crippen LogP) is 4.14. The van der Waals surface area contributed by atoms with E-state index in [1.165, 1.54) is 25.7 Å². The molecule has 0 radical (unpaired) electrons. The minimum atomic E-state index is -0.313. The van der Waals surface area contributed by atoms with E-state index in [-0.39, 0.29) is 11.9 Å². The van der Waals surface area contributed by atoms with Crippen LogP contribution < -0.4 is 0 Å². The van der Waals surface area contributed by atoms with Crippen LogP contribution in [0.25, 0.3) is 0 Å². The number of hydrogen-bond acceptors (Lipinski definition) is 2. The van der Waals surface area contributed by atoms with Gasteiger partial charge in [0.1, 0.15) is 5.60 Å². The zero-order valence-corrected chi connectivity index (χ0v) is 12.7. The SMILES string of the molecule is CC(C)CCCC(C)(C#CC1CC1)OC1CCCO1. The zero-order chi connectivity index (χ0) is 13.7. The van der Waals surface area contributed by atoms with Crippen molar-refractivity contribution in [2.75, 3.05) is 6.61 Å². The average Bonchev–Trinajstić information content (AvgIpc) is 3.04. The lowest BCUT2D eigenvalue weighted by atomic mass is 9.95. The molecule has 1 heterocycles. The minimum absolute atomic E-state index is 0.0300. The van der Waals surface area contributed by atoms with Crippen LogP contribution in [-0.4, -0.2) is 18.5 Å². The van der Waals surface area contributed by atoms with Crippen LogP contribution in [0.2, 0.25) is 0 Å². The van der Waals surface area contributed by atoms with E-state index in [2.05, 4.69) is 32.6 Å². The molecule has 0 aromatic rings. The monoisotopic (exact) mass is 264 g/mol. The molecule has 0 amide bonds. The van der Waals surface area contributed by atoms with Crippen molar-refractivity contribution < 1.29 is 9.47 Å². The molecule has 0 aromatic heterocycles. The maximum absolute atomic E-state index is 6.16. The average molecular weight is 264 g/mol. The maximum atomic E-state index is 6.16. The van der Waals surface area contributed by atoms with Gasteiger partial charge in [0.05, 0.1) is 0 Å². The summed E-state index contributed by atoms with van der Waals surface area (Å²) in [7, 11) is 0. The number of ether oxygens (including phenoxy) is 2. The molecule has 2 unspecified atom stereocenters. The van der Waals surface area contributed by atoms with Crippen LogP contribution in [-0.2, 0) is 9.47 Å². The minimum Gasteiger partial charge on any atom is -0.353 e. The fourth-order valence-corrected chi connectivity index (χ4v) is 2.41. The van der Waals surface area contributed by atoms with Crippen molar-refractivity contribution in [2.45, 2.75) is 77.6 Å². The summed E-state index contributed by atoms with van der Waals surface area (Å²) in [6.45, 7) is 7.52. The summed E-state index contributed by atoms with van der Waals surface area (Å²) >= 11 is 0. The Kier molecular flexibility index (Phi) is 5.30. The fraction of sp³-hybridized carbons (Fsp3) is 0.882. The van der Waals surface area contributed by atoms with Crippen LogP contribution in [0.3, 0.4) is 0 Å². The summed E-state index contributed by atoms with van der Waals surface area (Å²) in [5.74, 6) is 8.17. The lowest BCUT2D eigenvalue weighted by Gasteiger charge is -2.28. The molecule has 0 N–H and O–H groups in total. The van der Waals surface area contributed by atoms with Gasteiger partial charge in [0.25, 0.3) is 0 Å². The molecule has 0 spiro atoms. The van der Waals surface area contributed by atoms with Gasteiger partial charge < -0.3 is 9.47 Å². The Morgan fingerprint density at radius 3 is 2.68 bits per heavy atom. The third-order valence-corrected chi connectivity index (χ3v) is 3.83. The molecule has 2 atom stereocenters. The Hall–Kier alpha value is -0.520. The highest BCUT2D eigenvalue weighted by Crippen LogP contribution is 2.30. The van der Waals surface area contributed by atoms with Crippen molar-refractivity contribution in [3.8, 4) is 11.8 Å². The van der Waals surface area contributed by atoms with Crippen LogP contribution in [0.4, 0.5) is 0 Å². The van der Waals surface area contributed by atoms with E-state index in [1.807, 2.05) is 0 Å². The Morgan fingerprint density at radius 2 is 2.11 bits per heavy atom. The van der Waals surface area contributed by atoms with Crippen LogP contribution in [0.15, 0.2) is 0 Å². The van der Waals surface area contributed by atoms with E-state index in [0.717, 1.165) is 31.8 Å². The highest BCUT2D eigenvalue weighted by molar-refractivity contribution is 5.18. The van der Waals surface area contributed by atoms with Gasteiger partial charge in [-0.05, 0) is 44.9 Å². The van der Waals surface area contributed by atoms with Gasteiger partial charge in [-0.2, -0.15) is 0 Å². The van der Waals surface area contributed by atoms with Crippen molar-refractivity contribution in [1.82, 2.24) is 0 Å². The summed E-state index contributed by atoms with van der Waals surface area (Å²) in [6.07, 6.45) is 8.09. The van der Waals surface area contributed by atoms with Crippen molar-refractivity contribution >= 4 is 0 Å². The molecule has 2 fully saturated rings. The Balaban J connectivity index is 1.88. The van der Waals surface area contributed by atoms with Gasteiger partial charge in [-0.3, -0.25) is 0 Å². The highest BCUT2D eigenvalue weighted by Gasteiger charge is 2.30. The van der Waals surface area contributed by atoms with Crippen LogP contribution in [0.1, 0.15) is 65.7 Å². The van der Waals surface area contributed by atoms with E-state index < -0.39 is 0 Å². The molecule has 1 aliphatic carbocycles. The van der Waals surface area contributed by atoms with Crippen molar-refractivity contribution in [2.24, 2.45) is 11.8 Å². The largest absolute Gasteiger partial charge is 0.353 e. The first kappa shape index (κ1) is 14.9. The molecule has 1 aliphatic heterocycles. The summed E-state index contributed by atoms with van der Waals surface area (Å²) in [6, 6.07) is 0. The summed E-state index contributed by atoms with van der Waals surface area (Å²) in [5, 5.41) is 0. The Labute approximate surface area is 118 Å². The predicted molar refractivity (Wildman–Crippen MR) is 77.7 cm³/mol. The molecule has 19 heavy (non-hydrogen) atoms. The van der Waals surface area contributed by atoms with Gasteiger partial charge in [-0.25, -0.2) is 0 Å². The lowest BCUT2D eigenvalue weighted by Crippen LogP contribution is -2.32. The molecule has 1 saturated carbocycles. The normalized spacial score (nSPS) is 26.0. The van der Waals surface area contributed by atoms with E-state index in [4.69, 9.17) is 9.47 Å². The second-order valence-electron chi connectivity index (χ2n) is 6.62. The molecule has 0 aromatic carbocycles. The summed E-state index contributed by atoms with van der Waals surface area (Å²) in [4.78, 5) is 0. The third-order valence-electron chi connectivity index (χ3n) is 3.83. The second-order valence-corrected chi connectivity index (χ2v) is 6.62. The zero-order valence-electron chi connectivity index (χ0n) is 12.7. The number of rotatable bonds is 6. The van der Waals surface area contributed by atoms with Gasteiger partial charge in [0.15, 0.2) is 6.29 Å². The quantitative estimate of drug-likeness (QED) is 0.671. The van der Waals surface area contributed by atoms with Crippen LogP contribution in [0.5, 0.6) is 0 Å². The maximum Gasteiger partial charge on any atom is 0.159 e. The fourth-order valence-electron chi connectivity index (χ4n) is 2.41. The first-order chi connectivity index (χ1) is 9.07. The molecular formula is C17H28O2. The van der Waals surface area contributed by atoms with E-state index in [1.54, 1.807) is 0 Å². The molecule has 2 aliphatic rings. The summed E-state index contributed by atoms with van der Waals surface area (Å²) in [5.41, 5.74) is -0.313. The van der Waals surface area contributed by atoms with Crippen LogP contribution in [0, 0.1) is 23.7 Å². The lowest BCUT2D eigenvalue weighted by molar-refractivity contribution is -0.166. The molecule has 2 nitrogen and oxygen atoms in total. The Bertz CT molecular complexity index is 329. The molecule has 2 rings (SSSR count). The topological polar surface area (TPSA) is 18.5 Å². The smallest absolute Gasteiger partial charge is 0.159 e. The van der Waals surface area contributed by atoms with Gasteiger partial charge >= 0.3 is 0 Å². The first-order valence-corrected chi connectivity index (χ1v) is 7.89. The van der Waals surface area contributed by atoms with Gasteiger partial charge in [0.2, 0.25) is 0 Å². The first-order valence-electron chi connectivity index (χ1n) is 7.89. The van der Waals surface area contributed by atoms with Crippen molar-refractivity contribution in [3.63, 3.8) is 0 Å². The Morgan fingerprint density at radius 1 is 1.32 bits per heavy atom. The van der Waals surface area contributed by atoms with Crippen molar-refractivity contribution in [1.29, 1.82) is 0 Å². The third kappa shape index (κ3) is 5.55. The van der Waals surface area contributed by atoms with Gasteiger partial charge in [0, 0.05) is 18.9 Å². The standard InChI is InChI=1S/C17H28O2/c1-14(2)6-4-11-17(3,12-10-15-8-9-15)19-16-7-5-13-18-16/h14-16H,4-9,11,13H2,1-3H3.